The highest BCUT2D eigenvalue weighted by atomic mass is 32.2. The number of ether oxygens (including phenoxy) is 2. The van der Waals surface area contributed by atoms with Crippen LogP contribution in [0.3, 0.4) is 0 Å². The van der Waals surface area contributed by atoms with Gasteiger partial charge in [0.15, 0.2) is 9.84 Å². The van der Waals surface area contributed by atoms with Crippen molar-refractivity contribution in [2.45, 2.75) is 55.9 Å². The van der Waals surface area contributed by atoms with Crippen LogP contribution in [0.2, 0.25) is 0 Å². The summed E-state index contributed by atoms with van der Waals surface area (Å²) in [7, 11) is -4.10. The van der Waals surface area contributed by atoms with Crippen molar-refractivity contribution < 1.29 is 54.0 Å². The van der Waals surface area contributed by atoms with Crippen molar-refractivity contribution in [3.05, 3.63) is 59.7 Å². The maximum Gasteiger partial charge on any atom is 0.458 e. The number of methoxy groups -OCH3 is 1. The number of rotatable bonds is 6. The quantitative estimate of drug-likeness (QED) is 0.391. The third kappa shape index (κ3) is 6.46. The van der Waals surface area contributed by atoms with Crippen molar-refractivity contribution in [3.63, 3.8) is 0 Å². The molecule has 0 radical (unpaired) electrons. The van der Waals surface area contributed by atoms with Crippen LogP contribution in [-0.4, -0.2) is 61.2 Å². The first kappa shape index (κ1) is 31.8. The fourth-order valence-corrected chi connectivity index (χ4v) is 5.75. The number of alkyl halides is 4. The Morgan fingerprint density at radius 1 is 1.14 bits per heavy atom. The van der Waals surface area contributed by atoms with Crippen molar-refractivity contribution in [2.24, 2.45) is 0 Å². The van der Waals surface area contributed by atoms with Crippen LogP contribution in [0.25, 0.3) is 11.4 Å². The molecule has 0 saturated carbocycles. The van der Waals surface area contributed by atoms with Gasteiger partial charge >= 0.3 is 24.0 Å². The number of carbonyl (C=O) groups is 2. The minimum atomic E-state index is -5.65. The molecule has 4 rings (SSSR count). The van der Waals surface area contributed by atoms with Crippen molar-refractivity contribution in [2.75, 3.05) is 17.8 Å². The van der Waals surface area contributed by atoms with Crippen LogP contribution in [0.5, 0.6) is 0 Å². The number of sulfone groups is 1. The van der Waals surface area contributed by atoms with E-state index in [1.54, 1.807) is 51.1 Å². The van der Waals surface area contributed by atoms with Crippen LogP contribution in [0.15, 0.2) is 51.9 Å². The number of benzene rings is 2. The molecular formula is C26H25F5N4O7S. The lowest BCUT2D eigenvalue weighted by Gasteiger charge is -2.27. The molecule has 0 bridgehead atoms. The Bertz CT molecular complexity index is 1640. The molecule has 1 unspecified atom stereocenters. The molecule has 0 aliphatic carbocycles. The van der Waals surface area contributed by atoms with E-state index in [4.69, 9.17) is 4.74 Å². The monoisotopic (exact) mass is 632 g/mol. The average molecular weight is 633 g/mol. The number of nitrogens with zero attached hydrogens (tertiary/aromatic N) is 3. The number of hydrogen-bond donors (Lipinski definition) is 1. The Kier molecular flexibility index (Phi) is 8.27. The maximum atomic E-state index is 15.4. The molecule has 0 fully saturated rings. The molecular weight excluding hydrogens is 607 g/mol. The first-order chi connectivity index (χ1) is 19.9. The van der Waals surface area contributed by atoms with Gasteiger partial charge in [0, 0.05) is 7.11 Å². The Balaban J connectivity index is 1.86. The maximum absolute atomic E-state index is 15.4. The molecule has 1 aromatic heterocycles. The number of amides is 2. The number of alkyl carbamates (subject to hydrolysis) is 1. The summed E-state index contributed by atoms with van der Waals surface area (Å²) in [6.45, 7) is 4.38. The lowest BCUT2D eigenvalue weighted by Crippen LogP contribution is -2.51. The third-order valence-electron chi connectivity index (χ3n) is 6.09. The molecule has 0 saturated heterocycles. The molecule has 2 amide bonds. The lowest BCUT2D eigenvalue weighted by atomic mass is 10.1. The first-order valence-corrected chi connectivity index (χ1v) is 14.1. The number of fused-ring (bicyclic) bond motifs is 1. The van der Waals surface area contributed by atoms with Crippen LogP contribution >= 0.6 is 0 Å². The van der Waals surface area contributed by atoms with Crippen LogP contribution in [0.1, 0.15) is 32.2 Å². The zero-order valence-electron chi connectivity index (χ0n) is 23.0. The molecule has 11 nitrogen and oxygen atoms in total. The van der Waals surface area contributed by atoms with E-state index in [-0.39, 0.29) is 6.54 Å². The summed E-state index contributed by atoms with van der Waals surface area (Å²) in [6.07, 6.45) is -6.74. The first-order valence-electron chi connectivity index (χ1n) is 12.4. The number of hydrogen-bond acceptors (Lipinski definition) is 9. The smallest absolute Gasteiger partial charge is 0.444 e. The van der Waals surface area contributed by atoms with E-state index >= 15 is 4.39 Å². The van der Waals surface area contributed by atoms with Gasteiger partial charge in [-0.2, -0.15) is 22.5 Å². The molecule has 1 aliphatic rings. The molecule has 3 aromatic rings. The van der Waals surface area contributed by atoms with Gasteiger partial charge in [0.2, 0.25) is 5.82 Å². The summed E-state index contributed by atoms with van der Waals surface area (Å²) in [5.41, 5.74) is -1.61. The van der Waals surface area contributed by atoms with E-state index in [1.807, 2.05) is 0 Å². The SMILES string of the molecule is COC(F)(c1nc(-c2cc3c(cc2F)S(=O)(=O)C[C@H](NC(=O)OC(C)(C)C)C(=O)N3Cc2ccccc2)no1)C(F)(F)F. The fraction of sp³-hybridized carbons (Fsp3) is 0.385. The van der Waals surface area contributed by atoms with Gasteiger partial charge in [-0.1, -0.05) is 35.5 Å². The minimum absolute atomic E-state index is 0.275. The van der Waals surface area contributed by atoms with Gasteiger partial charge in [0.25, 0.3) is 5.91 Å². The topological polar surface area (TPSA) is 141 Å². The molecule has 17 heteroatoms. The third-order valence-corrected chi connectivity index (χ3v) is 7.86. The van der Waals surface area contributed by atoms with E-state index < -0.39 is 84.9 Å². The summed E-state index contributed by atoms with van der Waals surface area (Å²) >= 11 is 0. The lowest BCUT2D eigenvalue weighted by molar-refractivity contribution is -0.342. The van der Waals surface area contributed by atoms with Crippen molar-refractivity contribution in [1.29, 1.82) is 0 Å². The molecule has 43 heavy (non-hydrogen) atoms. The summed E-state index contributed by atoms with van der Waals surface area (Å²) in [4.78, 5) is 29.9. The predicted molar refractivity (Wildman–Crippen MR) is 138 cm³/mol. The van der Waals surface area contributed by atoms with E-state index in [9.17, 15) is 35.6 Å². The van der Waals surface area contributed by atoms with Gasteiger partial charge in [0.05, 0.1) is 28.4 Å². The minimum Gasteiger partial charge on any atom is -0.444 e. The normalized spacial score (nSPS) is 18.4. The zero-order valence-corrected chi connectivity index (χ0v) is 23.8. The summed E-state index contributed by atoms with van der Waals surface area (Å²) in [5, 5.41) is 5.47. The van der Waals surface area contributed by atoms with Gasteiger partial charge in [-0.15, -0.1) is 0 Å². The van der Waals surface area contributed by atoms with E-state index in [1.165, 1.54) is 0 Å². The highest BCUT2D eigenvalue weighted by molar-refractivity contribution is 7.91. The second kappa shape index (κ2) is 11.2. The van der Waals surface area contributed by atoms with Crippen LogP contribution < -0.4 is 10.2 Å². The second-order valence-corrected chi connectivity index (χ2v) is 12.4. The number of anilines is 1. The fourth-order valence-electron chi connectivity index (χ4n) is 4.13. The Morgan fingerprint density at radius 3 is 2.37 bits per heavy atom. The molecule has 2 atom stereocenters. The number of nitrogens with one attached hydrogen (secondary N) is 1. The molecule has 2 aromatic carbocycles. The molecule has 1 N–H and O–H groups in total. The van der Waals surface area contributed by atoms with E-state index in [2.05, 4.69) is 24.7 Å². The number of carbonyl (C=O) groups excluding carboxylic acids is 2. The largest absolute Gasteiger partial charge is 0.458 e. The van der Waals surface area contributed by atoms with Gasteiger partial charge in [-0.3, -0.25) is 4.79 Å². The van der Waals surface area contributed by atoms with Crippen LogP contribution in [0.4, 0.5) is 32.4 Å². The van der Waals surface area contributed by atoms with Gasteiger partial charge < -0.3 is 24.2 Å². The van der Waals surface area contributed by atoms with E-state index in [0.717, 1.165) is 11.0 Å². The van der Waals surface area contributed by atoms with Crippen molar-refractivity contribution in [1.82, 2.24) is 15.5 Å². The molecule has 2 heterocycles. The Hall–Kier alpha value is -4.12. The molecule has 1 aliphatic heterocycles. The van der Waals surface area contributed by atoms with Gasteiger partial charge in [0.1, 0.15) is 17.5 Å². The highest BCUT2D eigenvalue weighted by Gasteiger charge is 2.63. The Morgan fingerprint density at radius 2 is 1.79 bits per heavy atom. The van der Waals surface area contributed by atoms with Gasteiger partial charge in [-0.05, 0) is 38.5 Å². The average Bonchev–Trinajstić information content (AvgIpc) is 3.37. The highest BCUT2D eigenvalue weighted by Crippen LogP contribution is 2.43. The summed E-state index contributed by atoms with van der Waals surface area (Å²) in [5.74, 6) is -10.4. The molecule has 232 valence electrons. The predicted octanol–water partition coefficient (Wildman–Crippen LogP) is 4.42. The zero-order chi connectivity index (χ0) is 32.0. The molecule has 0 spiro atoms. The number of halogens is 5. The van der Waals surface area contributed by atoms with Crippen molar-refractivity contribution in [3.8, 4) is 11.4 Å². The standard InChI is InChI=1S/C26H25F5N4O7S/c1-24(2,3)41-23(37)32-17-13-43(38,39)19-11-16(27)15(20-33-22(42-34-20)25(28,40-4)26(29,30)31)10-18(19)35(21(17)36)12-14-8-6-5-7-9-14/h5-11,17H,12-13H2,1-4H3,(H,32,37)/t17-,25?/m0/s1. The van der Waals surface area contributed by atoms with Crippen LogP contribution in [-0.2, 0) is 36.5 Å². The Labute approximate surface area is 241 Å². The van der Waals surface area contributed by atoms with Crippen LogP contribution in [0, 0.1) is 5.82 Å². The van der Waals surface area contributed by atoms with E-state index in [0.29, 0.717) is 18.7 Å². The number of aromatic nitrogens is 2. The summed E-state index contributed by atoms with van der Waals surface area (Å²) < 4.78 is 110. The van der Waals surface area contributed by atoms with Gasteiger partial charge in [-0.25, -0.2) is 17.6 Å². The summed E-state index contributed by atoms with van der Waals surface area (Å²) in [6, 6.07) is 7.85. The van der Waals surface area contributed by atoms with Crippen molar-refractivity contribution >= 4 is 27.5 Å². The second-order valence-electron chi connectivity index (χ2n) is 10.4.